The Morgan fingerprint density at radius 3 is 2.45 bits per heavy atom. The van der Waals surface area contributed by atoms with Gasteiger partial charge in [-0.15, -0.1) is 0 Å². The molecule has 0 aromatic heterocycles. The SMILES string of the molecule is CC(C)(CNC(=O)CC1CCCCC1)Cc1ccc(Br)cc1. The van der Waals surface area contributed by atoms with Crippen molar-refractivity contribution in [3.8, 4) is 0 Å². The lowest BCUT2D eigenvalue weighted by Crippen LogP contribution is -2.36. The fourth-order valence-electron chi connectivity index (χ4n) is 3.28. The van der Waals surface area contributed by atoms with Crippen LogP contribution in [0.3, 0.4) is 0 Å². The van der Waals surface area contributed by atoms with Crippen molar-refractivity contribution in [2.75, 3.05) is 6.54 Å². The third kappa shape index (κ3) is 6.12. The van der Waals surface area contributed by atoms with Crippen LogP contribution in [-0.4, -0.2) is 12.5 Å². The van der Waals surface area contributed by atoms with Crippen LogP contribution >= 0.6 is 15.9 Å². The van der Waals surface area contributed by atoms with Crippen molar-refractivity contribution in [3.63, 3.8) is 0 Å². The topological polar surface area (TPSA) is 29.1 Å². The van der Waals surface area contributed by atoms with Gasteiger partial charge in [0.1, 0.15) is 0 Å². The molecular formula is C19H28BrNO. The summed E-state index contributed by atoms with van der Waals surface area (Å²) in [6, 6.07) is 8.45. The molecule has 1 N–H and O–H groups in total. The Balaban J connectivity index is 1.76. The molecule has 0 saturated heterocycles. The molecule has 1 fully saturated rings. The van der Waals surface area contributed by atoms with Gasteiger partial charge in [-0.1, -0.05) is 61.2 Å². The molecule has 0 aliphatic heterocycles. The zero-order valence-electron chi connectivity index (χ0n) is 13.8. The third-order valence-corrected chi connectivity index (χ3v) is 5.09. The monoisotopic (exact) mass is 365 g/mol. The van der Waals surface area contributed by atoms with E-state index in [1.165, 1.54) is 37.7 Å². The first-order chi connectivity index (χ1) is 10.4. The molecule has 1 aromatic rings. The quantitative estimate of drug-likeness (QED) is 0.745. The van der Waals surface area contributed by atoms with Gasteiger partial charge in [-0.05, 0) is 48.3 Å². The maximum absolute atomic E-state index is 12.1. The van der Waals surface area contributed by atoms with Crippen LogP contribution in [-0.2, 0) is 11.2 Å². The van der Waals surface area contributed by atoms with Crippen LogP contribution in [0.1, 0.15) is 57.9 Å². The summed E-state index contributed by atoms with van der Waals surface area (Å²) in [5, 5.41) is 3.15. The summed E-state index contributed by atoms with van der Waals surface area (Å²) in [6.07, 6.45) is 8.10. The van der Waals surface area contributed by atoms with Gasteiger partial charge in [0.25, 0.3) is 0 Å². The Kier molecular flexibility index (Phi) is 6.49. The summed E-state index contributed by atoms with van der Waals surface area (Å²) in [5.41, 5.74) is 1.39. The fraction of sp³-hybridized carbons (Fsp3) is 0.632. The van der Waals surface area contributed by atoms with Crippen LogP contribution in [0.15, 0.2) is 28.7 Å². The van der Waals surface area contributed by atoms with Gasteiger partial charge in [-0.3, -0.25) is 4.79 Å². The van der Waals surface area contributed by atoms with Crippen LogP contribution in [0, 0.1) is 11.3 Å². The van der Waals surface area contributed by atoms with Crippen molar-refractivity contribution >= 4 is 21.8 Å². The standard InChI is InChI=1S/C19H28BrNO/c1-19(2,13-16-8-10-17(20)11-9-16)14-21-18(22)12-15-6-4-3-5-7-15/h8-11,15H,3-7,12-14H2,1-2H3,(H,21,22). The molecule has 0 spiro atoms. The molecule has 22 heavy (non-hydrogen) atoms. The Morgan fingerprint density at radius 1 is 1.18 bits per heavy atom. The molecule has 1 aliphatic rings. The summed E-state index contributed by atoms with van der Waals surface area (Å²) in [6.45, 7) is 5.18. The molecule has 0 atom stereocenters. The van der Waals surface area contributed by atoms with Crippen molar-refractivity contribution in [1.82, 2.24) is 5.32 Å². The van der Waals surface area contributed by atoms with Gasteiger partial charge in [0, 0.05) is 17.4 Å². The van der Waals surface area contributed by atoms with E-state index >= 15 is 0 Å². The highest BCUT2D eigenvalue weighted by atomic mass is 79.9. The maximum Gasteiger partial charge on any atom is 0.220 e. The van der Waals surface area contributed by atoms with Gasteiger partial charge >= 0.3 is 0 Å². The zero-order valence-corrected chi connectivity index (χ0v) is 15.4. The van der Waals surface area contributed by atoms with E-state index in [1.807, 2.05) is 0 Å². The Labute approximate surface area is 143 Å². The maximum atomic E-state index is 12.1. The molecule has 1 amide bonds. The summed E-state index contributed by atoms with van der Waals surface area (Å²) in [5.74, 6) is 0.846. The van der Waals surface area contributed by atoms with E-state index in [9.17, 15) is 4.79 Å². The van der Waals surface area contributed by atoms with Crippen molar-refractivity contribution in [2.24, 2.45) is 11.3 Å². The molecule has 0 unspecified atom stereocenters. The van der Waals surface area contributed by atoms with Gasteiger partial charge in [0.2, 0.25) is 5.91 Å². The van der Waals surface area contributed by atoms with Crippen LogP contribution in [0.5, 0.6) is 0 Å². The smallest absolute Gasteiger partial charge is 0.220 e. The van der Waals surface area contributed by atoms with E-state index in [2.05, 4.69) is 59.4 Å². The average molecular weight is 366 g/mol. The lowest BCUT2D eigenvalue weighted by atomic mass is 9.85. The summed E-state index contributed by atoms with van der Waals surface area (Å²) >= 11 is 3.46. The van der Waals surface area contributed by atoms with Crippen molar-refractivity contribution < 1.29 is 4.79 Å². The van der Waals surface area contributed by atoms with Crippen molar-refractivity contribution in [2.45, 2.75) is 58.8 Å². The molecule has 0 radical (unpaired) electrons. The molecule has 2 rings (SSSR count). The number of benzene rings is 1. The zero-order chi connectivity index (χ0) is 16.0. The minimum atomic E-state index is 0.0794. The summed E-state index contributed by atoms with van der Waals surface area (Å²) in [7, 11) is 0. The number of halogens is 1. The predicted molar refractivity (Wildman–Crippen MR) is 95.8 cm³/mol. The van der Waals surface area contributed by atoms with Crippen molar-refractivity contribution in [1.29, 1.82) is 0 Å². The average Bonchev–Trinajstić information content (AvgIpc) is 2.49. The first-order valence-corrected chi connectivity index (χ1v) is 9.25. The van der Waals surface area contributed by atoms with E-state index < -0.39 is 0 Å². The minimum Gasteiger partial charge on any atom is -0.356 e. The van der Waals surface area contributed by atoms with E-state index in [0.717, 1.165) is 17.4 Å². The lowest BCUT2D eigenvalue weighted by Gasteiger charge is -2.26. The second-order valence-electron chi connectivity index (χ2n) is 7.45. The summed E-state index contributed by atoms with van der Waals surface area (Å²) < 4.78 is 1.11. The number of hydrogen-bond acceptors (Lipinski definition) is 1. The molecule has 122 valence electrons. The molecule has 0 heterocycles. The second-order valence-corrected chi connectivity index (χ2v) is 8.37. The van der Waals surface area contributed by atoms with Gasteiger partial charge in [0.15, 0.2) is 0 Å². The first-order valence-electron chi connectivity index (χ1n) is 8.46. The number of amides is 1. The van der Waals surface area contributed by atoms with E-state index in [0.29, 0.717) is 12.3 Å². The Hall–Kier alpha value is -0.830. The van der Waals surface area contributed by atoms with E-state index in [4.69, 9.17) is 0 Å². The molecule has 2 nitrogen and oxygen atoms in total. The predicted octanol–water partition coefficient (Wildman–Crippen LogP) is 5.10. The van der Waals surface area contributed by atoms with Gasteiger partial charge in [0.05, 0.1) is 0 Å². The number of rotatable bonds is 6. The Morgan fingerprint density at radius 2 is 1.82 bits per heavy atom. The minimum absolute atomic E-state index is 0.0794. The summed E-state index contributed by atoms with van der Waals surface area (Å²) in [4.78, 5) is 12.1. The van der Waals surface area contributed by atoms with Crippen LogP contribution in [0.25, 0.3) is 0 Å². The molecule has 1 aliphatic carbocycles. The normalized spacial score (nSPS) is 16.5. The highest BCUT2D eigenvalue weighted by Crippen LogP contribution is 2.26. The van der Waals surface area contributed by atoms with Gasteiger partial charge < -0.3 is 5.32 Å². The first kappa shape index (κ1) is 17.5. The molecule has 1 aromatic carbocycles. The molecule has 0 bridgehead atoms. The van der Waals surface area contributed by atoms with Gasteiger partial charge in [-0.2, -0.15) is 0 Å². The molecular weight excluding hydrogens is 338 g/mol. The third-order valence-electron chi connectivity index (χ3n) is 4.56. The molecule has 1 saturated carbocycles. The lowest BCUT2D eigenvalue weighted by molar-refractivity contribution is -0.122. The number of carbonyl (C=O) groups excluding carboxylic acids is 1. The number of nitrogens with one attached hydrogen (secondary N) is 1. The van der Waals surface area contributed by atoms with Crippen LogP contribution in [0.2, 0.25) is 0 Å². The largest absolute Gasteiger partial charge is 0.356 e. The highest BCUT2D eigenvalue weighted by Gasteiger charge is 2.21. The fourth-order valence-corrected chi connectivity index (χ4v) is 3.55. The second kappa shape index (κ2) is 8.14. The van der Waals surface area contributed by atoms with Crippen molar-refractivity contribution in [3.05, 3.63) is 34.3 Å². The Bertz CT molecular complexity index is 475. The van der Waals surface area contributed by atoms with Crippen LogP contribution < -0.4 is 5.32 Å². The number of hydrogen-bond donors (Lipinski definition) is 1. The highest BCUT2D eigenvalue weighted by molar-refractivity contribution is 9.10. The van der Waals surface area contributed by atoms with E-state index in [-0.39, 0.29) is 11.3 Å². The van der Waals surface area contributed by atoms with Crippen LogP contribution in [0.4, 0.5) is 0 Å². The van der Waals surface area contributed by atoms with E-state index in [1.54, 1.807) is 0 Å². The molecule has 3 heteroatoms. The number of carbonyl (C=O) groups is 1. The van der Waals surface area contributed by atoms with Gasteiger partial charge in [-0.25, -0.2) is 0 Å².